The lowest BCUT2D eigenvalue weighted by atomic mass is 10.0. The number of aliphatic imine (C=N–C) groups is 2. The van der Waals surface area contributed by atoms with Crippen LogP contribution >= 0.6 is 27.5 Å². The second kappa shape index (κ2) is 7.82. The molecule has 3 heterocycles. The number of fused-ring (bicyclic) bond motifs is 3. The molecule has 0 aliphatic carbocycles. The molecule has 0 fully saturated rings. The number of nitrogens with zero attached hydrogens (tertiary/aromatic N) is 4. The second-order valence-corrected chi connectivity index (χ2v) is 8.26. The zero-order valence-electron chi connectivity index (χ0n) is 15.9. The first-order valence-electron chi connectivity index (χ1n) is 9.40. The monoisotopic (exact) mass is 499 g/mol. The maximum absolute atomic E-state index is 11.1. The quantitative estimate of drug-likeness (QED) is 0.540. The van der Waals surface area contributed by atoms with Gasteiger partial charge in [0.1, 0.15) is 35.6 Å². The van der Waals surface area contributed by atoms with Crippen molar-refractivity contribution in [2.75, 3.05) is 6.61 Å². The van der Waals surface area contributed by atoms with Crippen molar-refractivity contribution in [2.24, 2.45) is 9.98 Å². The summed E-state index contributed by atoms with van der Waals surface area (Å²) in [6.45, 7) is 1.11. The summed E-state index contributed by atoms with van der Waals surface area (Å²) >= 11 is 9.88. The molecule has 2 N–H and O–H groups in total. The third-order valence-corrected chi connectivity index (χ3v) is 5.81. The van der Waals surface area contributed by atoms with E-state index in [0.29, 0.717) is 29.6 Å². The van der Waals surface area contributed by atoms with Crippen molar-refractivity contribution in [3.63, 3.8) is 0 Å². The molecule has 0 bridgehead atoms. The largest absolute Gasteiger partial charge is 0.491 e. The predicted octanol–water partition coefficient (Wildman–Crippen LogP) is 4.53. The second-order valence-electron chi connectivity index (χ2n) is 6.94. The molecule has 0 saturated carbocycles. The summed E-state index contributed by atoms with van der Waals surface area (Å²) < 4.78 is 8.79. The summed E-state index contributed by atoms with van der Waals surface area (Å²) in [5, 5.41) is 11.9. The van der Waals surface area contributed by atoms with Crippen LogP contribution in [0.25, 0.3) is 11.4 Å². The van der Waals surface area contributed by atoms with Gasteiger partial charge in [0, 0.05) is 21.3 Å². The third kappa shape index (κ3) is 3.70. The Balaban J connectivity index is 1.61. The molecule has 0 spiro atoms. The Hall–Kier alpha value is -3.17. The Morgan fingerprint density at radius 2 is 2.13 bits per heavy atom. The molecule has 0 radical (unpaired) electrons. The van der Waals surface area contributed by atoms with Gasteiger partial charge in [-0.3, -0.25) is 5.32 Å². The highest BCUT2D eigenvalue weighted by Crippen LogP contribution is 2.36. The van der Waals surface area contributed by atoms with Crippen molar-refractivity contribution >= 4 is 45.3 Å². The number of amides is 1. The third-order valence-electron chi connectivity index (χ3n) is 4.97. The number of benzene rings is 2. The minimum atomic E-state index is -1.24. The first-order chi connectivity index (χ1) is 15.0. The summed E-state index contributed by atoms with van der Waals surface area (Å²) in [4.78, 5) is 24.9. The van der Waals surface area contributed by atoms with Gasteiger partial charge in [-0.05, 0) is 24.3 Å². The minimum absolute atomic E-state index is 0.00304. The van der Waals surface area contributed by atoms with Crippen LogP contribution in [0, 0.1) is 0 Å². The van der Waals surface area contributed by atoms with Crippen molar-refractivity contribution in [3.8, 4) is 17.1 Å². The number of guanidine groups is 1. The summed E-state index contributed by atoms with van der Waals surface area (Å²) in [7, 11) is 0. The molecule has 2 aliphatic heterocycles. The Morgan fingerprint density at radius 3 is 2.94 bits per heavy atom. The molecule has 2 aromatic carbocycles. The first-order valence-corrected chi connectivity index (χ1v) is 10.6. The van der Waals surface area contributed by atoms with Gasteiger partial charge in [-0.2, -0.15) is 0 Å². The normalized spacial score (nSPS) is 17.0. The van der Waals surface area contributed by atoms with Crippen LogP contribution < -0.4 is 10.1 Å². The van der Waals surface area contributed by atoms with E-state index in [2.05, 4.69) is 31.2 Å². The number of hydrogen-bond acceptors (Lipinski definition) is 5. The summed E-state index contributed by atoms with van der Waals surface area (Å²) in [5.41, 5.74) is 2.71. The van der Waals surface area contributed by atoms with E-state index >= 15 is 0 Å². The highest BCUT2D eigenvalue weighted by molar-refractivity contribution is 9.10. The van der Waals surface area contributed by atoms with Gasteiger partial charge in [-0.15, -0.1) is 0 Å². The van der Waals surface area contributed by atoms with Crippen molar-refractivity contribution in [1.82, 2.24) is 14.9 Å². The fraction of sp³-hybridized carbons (Fsp3) is 0.143. The molecule has 156 valence electrons. The van der Waals surface area contributed by atoms with Crippen LogP contribution in [0.5, 0.6) is 5.75 Å². The van der Waals surface area contributed by atoms with E-state index < -0.39 is 12.1 Å². The van der Waals surface area contributed by atoms with E-state index in [0.717, 1.165) is 27.2 Å². The topological polar surface area (TPSA) is 101 Å². The summed E-state index contributed by atoms with van der Waals surface area (Å²) in [6, 6.07) is 12.5. The fourth-order valence-electron chi connectivity index (χ4n) is 3.63. The van der Waals surface area contributed by atoms with Gasteiger partial charge in [0.05, 0.1) is 12.1 Å². The van der Waals surface area contributed by atoms with E-state index in [1.54, 1.807) is 6.07 Å². The smallest absolute Gasteiger partial charge is 0.411 e. The number of rotatable bonds is 2. The van der Waals surface area contributed by atoms with Crippen LogP contribution in [0.4, 0.5) is 4.79 Å². The zero-order chi connectivity index (χ0) is 21.5. The van der Waals surface area contributed by atoms with E-state index in [9.17, 15) is 4.79 Å². The van der Waals surface area contributed by atoms with E-state index in [-0.39, 0.29) is 5.96 Å². The lowest BCUT2D eigenvalue weighted by Crippen LogP contribution is -2.26. The molecule has 1 atom stereocenters. The predicted molar refractivity (Wildman–Crippen MR) is 120 cm³/mol. The molecular formula is C21H15BrClN5O3. The van der Waals surface area contributed by atoms with Gasteiger partial charge in [-0.1, -0.05) is 45.7 Å². The lowest BCUT2D eigenvalue weighted by Gasteiger charge is -2.11. The number of halogens is 2. The molecule has 1 aromatic heterocycles. The molecule has 8 nitrogen and oxygen atoms in total. The number of carbonyl (C=O) groups is 1. The molecule has 3 aromatic rings. The molecule has 10 heteroatoms. The number of imidazole rings is 1. The van der Waals surface area contributed by atoms with Gasteiger partial charge in [0.25, 0.3) is 0 Å². The van der Waals surface area contributed by atoms with Gasteiger partial charge >= 0.3 is 6.09 Å². The van der Waals surface area contributed by atoms with Crippen molar-refractivity contribution in [2.45, 2.75) is 12.6 Å². The Bertz CT molecular complexity index is 1270. The fourth-order valence-corrected chi connectivity index (χ4v) is 4.21. The molecule has 1 unspecified atom stereocenters. The summed E-state index contributed by atoms with van der Waals surface area (Å²) in [5.74, 6) is 1.49. The van der Waals surface area contributed by atoms with Crippen LogP contribution in [0.3, 0.4) is 0 Å². The van der Waals surface area contributed by atoms with Crippen LogP contribution in [0.1, 0.15) is 17.3 Å². The average molecular weight is 501 g/mol. The van der Waals surface area contributed by atoms with Crippen molar-refractivity contribution < 1.29 is 14.6 Å². The zero-order valence-corrected chi connectivity index (χ0v) is 18.3. The highest BCUT2D eigenvalue weighted by Gasteiger charge is 2.31. The average Bonchev–Trinajstić information content (AvgIpc) is 3.28. The number of hydrogen-bond donors (Lipinski definition) is 2. The standard InChI is InChI=1S/C21H15BrClN5O3/c22-11-5-6-13-16(9-11)31-8-7-28-10-15(24-19(13)28)18-17(12-3-1-2-4-14(12)23)25-20(26-18)27-21(29)30/h1-6,9-10,17H,7-8H2,(H,25,27)(H,29,30). The Labute approximate surface area is 190 Å². The summed E-state index contributed by atoms with van der Waals surface area (Å²) in [6.07, 6.45) is 0.650. The van der Waals surface area contributed by atoms with Gasteiger partial charge in [0.2, 0.25) is 5.96 Å². The highest BCUT2D eigenvalue weighted by atomic mass is 79.9. The molecule has 1 amide bonds. The van der Waals surface area contributed by atoms with Crippen LogP contribution in [0.2, 0.25) is 5.02 Å². The van der Waals surface area contributed by atoms with Crippen molar-refractivity contribution in [3.05, 3.63) is 69.4 Å². The number of carboxylic acid groups (broad SMARTS) is 1. The van der Waals surface area contributed by atoms with Gasteiger partial charge in [-0.25, -0.2) is 19.8 Å². The number of aromatic nitrogens is 2. The van der Waals surface area contributed by atoms with Crippen LogP contribution in [-0.2, 0) is 6.54 Å². The molecular weight excluding hydrogens is 486 g/mol. The Morgan fingerprint density at radius 1 is 1.29 bits per heavy atom. The van der Waals surface area contributed by atoms with E-state index in [1.807, 2.05) is 47.2 Å². The Kier molecular flexibility index (Phi) is 4.99. The SMILES string of the molecule is O=C(O)NC1=NC(c2ccccc2Cl)C(c2cn3c(n2)-c2ccc(Br)cc2OCC3)=N1. The maximum atomic E-state index is 11.1. The molecule has 2 aliphatic rings. The van der Waals surface area contributed by atoms with Crippen molar-refractivity contribution in [1.29, 1.82) is 0 Å². The number of ether oxygens (including phenoxy) is 1. The molecule has 5 rings (SSSR count). The lowest BCUT2D eigenvalue weighted by molar-refractivity contribution is 0.200. The van der Waals surface area contributed by atoms with Crippen LogP contribution in [0.15, 0.2) is 63.1 Å². The maximum Gasteiger partial charge on any atom is 0.411 e. The molecule has 0 saturated heterocycles. The number of nitrogens with one attached hydrogen (secondary N) is 1. The van der Waals surface area contributed by atoms with E-state index in [1.165, 1.54) is 0 Å². The van der Waals surface area contributed by atoms with Gasteiger partial charge in [0.15, 0.2) is 0 Å². The first kappa shape index (κ1) is 19.8. The molecule has 31 heavy (non-hydrogen) atoms. The van der Waals surface area contributed by atoms with Gasteiger partial charge < -0.3 is 14.4 Å². The minimum Gasteiger partial charge on any atom is -0.491 e. The van der Waals surface area contributed by atoms with Crippen LogP contribution in [-0.4, -0.2) is 39.0 Å². The van der Waals surface area contributed by atoms with E-state index in [4.69, 9.17) is 26.4 Å².